The highest BCUT2D eigenvalue weighted by atomic mass is 16.6. The minimum Gasteiger partial charge on any atom is -0.462 e. The van der Waals surface area contributed by atoms with Crippen LogP contribution in [0.5, 0.6) is 0 Å². The lowest BCUT2D eigenvalue weighted by Crippen LogP contribution is -2.41. The van der Waals surface area contributed by atoms with E-state index in [0.29, 0.717) is 0 Å². The van der Waals surface area contributed by atoms with Crippen LogP contribution in [0.15, 0.2) is 0 Å². The van der Waals surface area contributed by atoms with Crippen LogP contribution in [0.1, 0.15) is 27.7 Å². The summed E-state index contributed by atoms with van der Waals surface area (Å²) < 4.78 is 19.3. The van der Waals surface area contributed by atoms with Gasteiger partial charge in [0.05, 0.1) is 0 Å². The molecule has 0 aromatic rings. The first-order valence-corrected chi connectivity index (χ1v) is 5.83. The van der Waals surface area contributed by atoms with Crippen molar-refractivity contribution in [1.29, 1.82) is 0 Å². The Bertz CT molecular complexity index is 340. The van der Waals surface area contributed by atoms with Crippen molar-refractivity contribution < 1.29 is 38.1 Å². The van der Waals surface area contributed by atoms with E-state index >= 15 is 0 Å². The molecule has 0 amide bonds. The van der Waals surface area contributed by atoms with Crippen molar-refractivity contribution in [3.05, 3.63) is 0 Å². The topological polar surface area (TPSA) is 105 Å². The monoisotopic (exact) mass is 290 g/mol. The molecule has 0 N–H and O–H groups in total. The van der Waals surface area contributed by atoms with Crippen molar-refractivity contribution in [2.24, 2.45) is 0 Å². The molecule has 8 nitrogen and oxygen atoms in total. The summed E-state index contributed by atoms with van der Waals surface area (Å²) in [5.74, 6) is -2.48. The zero-order valence-corrected chi connectivity index (χ0v) is 11.8. The van der Waals surface area contributed by atoms with Crippen LogP contribution >= 0.6 is 0 Å². The first-order valence-electron chi connectivity index (χ1n) is 5.83. The van der Waals surface area contributed by atoms with Crippen LogP contribution in [0.3, 0.4) is 0 Å². The summed E-state index contributed by atoms with van der Waals surface area (Å²) >= 11 is 0. The summed E-state index contributed by atoms with van der Waals surface area (Å²) in [6.07, 6.45) is -2.11. The molecule has 2 unspecified atom stereocenters. The van der Waals surface area contributed by atoms with Gasteiger partial charge in [-0.25, -0.2) is 0 Å². The fourth-order valence-electron chi connectivity index (χ4n) is 1.26. The molecule has 0 fully saturated rings. The van der Waals surface area contributed by atoms with Crippen molar-refractivity contribution in [2.45, 2.75) is 39.9 Å². The van der Waals surface area contributed by atoms with E-state index < -0.39 is 36.1 Å². The summed E-state index contributed by atoms with van der Waals surface area (Å²) in [4.78, 5) is 43.6. The normalized spacial score (nSPS) is 12.8. The van der Waals surface area contributed by atoms with E-state index in [-0.39, 0.29) is 13.2 Å². The zero-order chi connectivity index (χ0) is 15.7. The molecule has 0 aromatic carbocycles. The Balaban J connectivity index is 4.83. The predicted molar refractivity (Wildman–Crippen MR) is 64.4 cm³/mol. The van der Waals surface area contributed by atoms with Gasteiger partial charge >= 0.3 is 23.9 Å². The SMILES string of the molecule is CC(=O)OCC(OC(C)=O)C(COC(C)=O)OC(C)=O. The van der Waals surface area contributed by atoms with Gasteiger partial charge in [0.25, 0.3) is 0 Å². The molecule has 0 bridgehead atoms. The lowest BCUT2D eigenvalue weighted by molar-refractivity contribution is -0.179. The second kappa shape index (κ2) is 8.89. The first-order chi connectivity index (χ1) is 9.22. The number of rotatable bonds is 7. The van der Waals surface area contributed by atoms with E-state index in [0.717, 1.165) is 13.8 Å². The number of ether oxygens (including phenoxy) is 4. The Morgan fingerprint density at radius 3 is 1.15 bits per heavy atom. The second-order valence-corrected chi connectivity index (χ2v) is 3.90. The van der Waals surface area contributed by atoms with Gasteiger partial charge in [0, 0.05) is 27.7 Å². The summed E-state index contributed by atoms with van der Waals surface area (Å²) in [6, 6.07) is 0. The molecule has 0 radical (unpaired) electrons. The molecule has 8 heteroatoms. The fraction of sp³-hybridized carbons (Fsp3) is 0.667. The van der Waals surface area contributed by atoms with Crippen LogP contribution < -0.4 is 0 Å². The third-order valence-electron chi connectivity index (χ3n) is 1.95. The lowest BCUT2D eigenvalue weighted by atomic mass is 10.2. The summed E-state index contributed by atoms with van der Waals surface area (Å²) in [7, 11) is 0. The molecule has 0 aliphatic rings. The van der Waals surface area contributed by atoms with Gasteiger partial charge in [0.1, 0.15) is 13.2 Å². The van der Waals surface area contributed by atoms with Crippen LogP contribution in [0.4, 0.5) is 0 Å². The smallest absolute Gasteiger partial charge is 0.303 e. The Morgan fingerprint density at radius 1 is 0.650 bits per heavy atom. The largest absolute Gasteiger partial charge is 0.462 e. The van der Waals surface area contributed by atoms with Crippen molar-refractivity contribution in [1.82, 2.24) is 0 Å². The molecule has 0 aromatic heterocycles. The highest BCUT2D eigenvalue weighted by Crippen LogP contribution is 2.08. The molecular formula is C12H18O8. The summed E-state index contributed by atoms with van der Waals surface area (Å²) in [6.45, 7) is 4.03. The Kier molecular flexibility index (Phi) is 7.95. The van der Waals surface area contributed by atoms with E-state index in [9.17, 15) is 19.2 Å². The Hall–Kier alpha value is -2.12. The second-order valence-electron chi connectivity index (χ2n) is 3.90. The van der Waals surface area contributed by atoms with Gasteiger partial charge in [0.2, 0.25) is 0 Å². The fourth-order valence-corrected chi connectivity index (χ4v) is 1.26. The molecule has 0 heterocycles. The molecule has 0 rings (SSSR count). The molecule has 0 aliphatic carbocycles. The number of hydrogen-bond acceptors (Lipinski definition) is 8. The van der Waals surface area contributed by atoms with Crippen molar-refractivity contribution in [2.75, 3.05) is 13.2 Å². The van der Waals surface area contributed by atoms with Gasteiger partial charge in [-0.2, -0.15) is 0 Å². The predicted octanol–water partition coefficient (Wildman–Crippen LogP) is -0.0240. The van der Waals surface area contributed by atoms with Gasteiger partial charge in [-0.1, -0.05) is 0 Å². The van der Waals surface area contributed by atoms with Crippen molar-refractivity contribution >= 4 is 23.9 Å². The van der Waals surface area contributed by atoms with E-state index in [1.807, 2.05) is 0 Å². The first kappa shape index (κ1) is 17.9. The van der Waals surface area contributed by atoms with Gasteiger partial charge < -0.3 is 18.9 Å². The van der Waals surface area contributed by atoms with Crippen molar-refractivity contribution in [3.8, 4) is 0 Å². The summed E-state index contributed by atoms with van der Waals surface area (Å²) in [5, 5.41) is 0. The van der Waals surface area contributed by atoms with Crippen molar-refractivity contribution in [3.63, 3.8) is 0 Å². The number of hydrogen-bond donors (Lipinski definition) is 0. The lowest BCUT2D eigenvalue weighted by Gasteiger charge is -2.25. The van der Waals surface area contributed by atoms with Crippen LogP contribution in [-0.4, -0.2) is 49.3 Å². The van der Waals surface area contributed by atoms with E-state index in [1.165, 1.54) is 13.8 Å². The molecule has 114 valence electrons. The average Bonchev–Trinajstić information content (AvgIpc) is 2.28. The number of carbonyl (C=O) groups is 4. The number of carbonyl (C=O) groups excluding carboxylic acids is 4. The minimum absolute atomic E-state index is 0.311. The maximum absolute atomic E-state index is 11.0. The third kappa shape index (κ3) is 8.90. The highest BCUT2D eigenvalue weighted by molar-refractivity contribution is 5.68. The Labute approximate surface area is 116 Å². The van der Waals surface area contributed by atoms with Gasteiger partial charge in [0.15, 0.2) is 12.2 Å². The van der Waals surface area contributed by atoms with E-state index in [1.54, 1.807) is 0 Å². The molecule has 0 saturated heterocycles. The zero-order valence-electron chi connectivity index (χ0n) is 11.8. The molecule has 20 heavy (non-hydrogen) atoms. The number of esters is 4. The van der Waals surface area contributed by atoms with Crippen LogP contribution in [0.2, 0.25) is 0 Å². The average molecular weight is 290 g/mol. The van der Waals surface area contributed by atoms with Crippen LogP contribution in [-0.2, 0) is 38.1 Å². The molecule has 0 aliphatic heterocycles. The highest BCUT2D eigenvalue weighted by Gasteiger charge is 2.29. The molecule has 0 spiro atoms. The quantitative estimate of drug-likeness (QED) is 0.475. The summed E-state index contributed by atoms with van der Waals surface area (Å²) in [5.41, 5.74) is 0. The van der Waals surface area contributed by atoms with Gasteiger partial charge in [-0.15, -0.1) is 0 Å². The van der Waals surface area contributed by atoms with Gasteiger partial charge in [-0.05, 0) is 0 Å². The Morgan fingerprint density at radius 2 is 0.950 bits per heavy atom. The van der Waals surface area contributed by atoms with Crippen LogP contribution in [0, 0.1) is 0 Å². The molecule has 2 atom stereocenters. The molecule has 0 saturated carbocycles. The third-order valence-corrected chi connectivity index (χ3v) is 1.95. The van der Waals surface area contributed by atoms with Gasteiger partial charge in [-0.3, -0.25) is 19.2 Å². The van der Waals surface area contributed by atoms with Crippen LogP contribution in [0.25, 0.3) is 0 Å². The standard InChI is InChI=1S/C12H18O8/c1-7(13)17-5-11(19-9(3)15)12(20-10(4)16)6-18-8(2)14/h11-12H,5-6H2,1-4H3. The molecular weight excluding hydrogens is 272 g/mol. The minimum atomic E-state index is -1.06. The maximum Gasteiger partial charge on any atom is 0.303 e. The van der Waals surface area contributed by atoms with E-state index in [2.05, 4.69) is 0 Å². The van der Waals surface area contributed by atoms with E-state index in [4.69, 9.17) is 18.9 Å². The maximum atomic E-state index is 11.0.